The zero-order chi connectivity index (χ0) is 18.8. The molecular weight excluding hydrogens is 334 g/mol. The molecule has 0 atom stereocenters. The second-order valence-electron chi connectivity index (χ2n) is 5.86. The van der Waals surface area contributed by atoms with Crippen molar-refractivity contribution in [1.29, 1.82) is 0 Å². The third-order valence-corrected chi connectivity index (χ3v) is 3.73. The highest BCUT2D eigenvalue weighted by Gasteiger charge is 2.10. The number of hydrogen-bond donors (Lipinski definition) is 1. The standard InChI is InChI=1S/C20H23NO5/c1-21(13-17-7-9-18(10-8-17)26-15-20(23)24)19(22)14-25-12-11-16-5-3-2-4-6-16/h2-10H,11-15H2,1H3,(H,23,24). The first kappa shape index (κ1) is 19.5. The molecule has 0 bridgehead atoms. The zero-order valence-corrected chi connectivity index (χ0v) is 14.8. The van der Waals surface area contributed by atoms with Gasteiger partial charge in [-0.3, -0.25) is 4.79 Å². The fraction of sp³-hybridized carbons (Fsp3) is 0.300. The minimum atomic E-state index is -1.02. The van der Waals surface area contributed by atoms with Gasteiger partial charge >= 0.3 is 5.97 Å². The van der Waals surface area contributed by atoms with Crippen molar-refractivity contribution >= 4 is 11.9 Å². The Bertz CT molecular complexity index is 700. The number of carboxylic acids is 1. The molecule has 0 heterocycles. The summed E-state index contributed by atoms with van der Waals surface area (Å²) in [5, 5.41) is 8.58. The van der Waals surface area contributed by atoms with Gasteiger partial charge in [-0.25, -0.2) is 4.79 Å². The van der Waals surface area contributed by atoms with Crippen molar-refractivity contribution in [2.75, 3.05) is 26.9 Å². The molecule has 0 aliphatic heterocycles. The van der Waals surface area contributed by atoms with E-state index in [4.69, 9.17) is 14.6 Å². The molecule has 2 aromatic rings. The predicted octanol–water partition coefficient (Wildman–Crippen LogP) is 2.37. The number of carboxylic acid groups (broad SMARTS) is 1. The molecule has 6 heteroatoms. The van der Waals surface area contributed by atoms with E-state index in [1.54, 1.807) is 36.2 Å². The van der Waals surface area contributed by atoms with Gasteiger partial charge in [0.05, 0.1) is 6.61 Å². The van der Waals surface area contributed by atoms with Crippen LogP contribution in [0.15, 0.2) is 54.6 Å². The van der Waals surface area contributed by atoms with Crippen LogP contribution in [0.25, 0.3) is 0 Å². The molecule has 0 fully saturated rings. The average molecular weight is 357 g/mol. The third kappa shape index (κ3) is 6.94. The summed E-state index contributed by atoms with van der Waals surface area (Å²) < 4.78 is 10.5. The number of amides is 1. The third-order valence-electron chi connectivity index (χ3n) is 3.73. The lowest BCUT2D eigenvalue weighted by Crippen LogP contribution is -2.30. The minimum Gasteiger partial charge on any atom is -0.482 e. The van der Waals surface area contributed by atoms with Crippen LogP contribution in [0.3, 0.4) is 0 Å². The Kier molecular flexibility index (Phi) is 7.64. The van der Waals surface area contributed by atoms with Crippen LogP contribution in [0.4, 0.5) is 0 Å². The summed E-state index contributed by atoms with van der Waals surface area (Å²) >= 11 is 0. The Labute approximate surface area is 153 Å². The molecule has 26 heavy (non-hydrogen) atoms. The average Bonchev–Trinajstić information content (AvgIpc) is 2.65. The number of likely N-dealkylation sites (N-methyl/N-ethyl adjacent to an activating group) is 1. The van der Waals surface area contributed by atoms with Crippen LogP contribution in [0.1, 0.15) is 11.1 Å². The molecule has 0 aliphatic rings. The highest BCUT2D eigenvalue weighted by atomic mass is 16.5. The van der Waals surface area contributed by atoms with E-state index in [1.807, 2.05) is 30.3 Å². The molecule has 0 saturated carbocycles. The topological polar surface area (TPSA) is 76.1 Å². The molecule has 2 aromatic carbocycles. The molecule has 6 nitrogen and oxygen atoms in total. The van der Waals surface area contributed by atoms with Crippen molar-refractivity contribution < 1.29 is 24.2 Å². The van der Waals surface area contributed by atoms with Crippen LogP contribution in [0, 0.1) is 0 Å². The van der Waals surface area contributed by atoms with Crippen LogP contribution >= 0.6 is 0 Å². The number of aliphatic carboxylic acids is 1. The predicted molar refractivity (Wildman–Crippen MR) is 97.0 cm³/mol. The first-order valence-electron chi connectivity index (χ1n) is 8.34. The van der Waals surface area contributed by atoms with Gasteiger partial charge in [-0.1, -0.05) is 42.5 Å². The van der Waals surface area contributed by atoms with Gasteiger partial charge in [0.15, 0.2) is 6.61 Å². The summed E-state index contributed by atoms with van der Waals surface area (Å²) in [6.45, 7) is 0.612. The van der Waals surface area contributed by atoms with Gasteiger partial charge in [-0.15, -0.1) is 0 Å². The van der Waals surface area contributed by atoms with Gasteiger partial charge in [-0.05, 0) is 29.7 Å². The van der Waals surface area contributed by atoms with Gasteiger partial charge in [0, 0.05) is 13.6 Å². The Morgan fingerprint density at radius 1 is 0.962 bits per heavy atom. The van der Waals surface area contributed by atoms with Crippen molar-refractivity contribution in [3.63, 3.8) is 0 Å². The highest BCUT2D eigenvalue weighted by molar-refractivity contribution is 5.77. The summed E-state index contributed by atoms with van der Waals surface area (Å²) in [7, 11) is 1.72. The lowest BCUT2D eigenvalue weighted by atomic mass is 10.2. The molecule has 1 N–H and O–H groups in total. The van der Waals surface area contributed by atoms with E-state index in [1.165, 1.54) is 5.56 Å². The molecule has 0 radical (unpaired) electrons. The molecule has 1 amide bonds. The van der Waals surface area contributed by atoms with Gasteiger partial charge < -0.3 is 19.5 Å². The van der Waals surface area contributed by atoms with Crippen LogP contribution in [0.5, 0.6) is 5.75 Å². The molecule has 0 aliphatic carbocycles. The lowest BCUT2D eigenvalue weighted by molar-refractivity contribution is -0.139. The maximum atomic E-state index is 12.1. The summed E-state index contributed by atoms with van der Waals surface area (Å²) in [6, 6.07) is 17.0. The second kappa shape index (κ2) is 10.2. The van der Waals surface area contributed by atoms with Crippen LogP contribution in [0.2, 0.25) is 0 Å². The van der Waals surface area contributed by atoms with Gasteiger partial charge in [0.2, 0.25) is 5.91 Å². The summed E-state index contributed by atoms with van der Waals surface area (Å²) in [5.41, 5.74) is 2.10. The first-order chi connectivity index (χ1) is 12.5. The summed E-state index contributed by atoms with van der Waals surface area (Å²) in [4.78, 5) is 24.2. The number of benzene rings is 2. The van der Waals surface area contributed by atoms with Crippen molar-refractivity contribution in [1.82, 2.24) is 4.90 Å². The SMILES string of the molecule is CN(Cc1ccc(OCC(=O)O)cc1)C(=O)COCCc1ccccc1. The number of rotatable bonds is 10. The van der Waals surface area contributed by atoms with E-state index >= 15 is 0 Å². The van der Waals surface area contributed by atoms with Gasteiger partial charge in [-0.2, -0.15) is 0 Å². The van der Waals surface area contributed by atoms with Crippen LogP contribution in [-0.4, -0.2) is 48.8 Å². The van der Waals surface area contributed by atoms with E-state index in [0.29, 0.717) is 18.9 Å². The number of carbonyl (C=O) groups excluding carboxylic acids is 1. The molecule has 0 spiro atoms. The fourth-order valence-corrected chi connectivity index (χ4v) is 2.30. The zero-order valence-electron chi connectivity index (χ0n) is 14.8. The Morgan fingerprint density at radius 2 is 1.65 bits per heavy atom. The van der Waals surface area contributed by atoms with Crippen molar-refractivity contribution in [2.45, 2.75) is 13.0 Å². The minimum absolute atomic E-state index is 0.0448. The molecule has 0 aromatic heterocycles. The van der Waals surface area contributed by atoms with Gasteiger partial charge in [0.25, 0.3) is 0 Å². The van der Waals surface area contributed by atoms with E-state index in [2.05, 4.69) is 0 Å². The summed E-state index contributed by atoms with van der Waals surface area (Å²) in [5.74, 6) is -0.634. The molecule has 0 saturated heterocycles. The van der Waals surface area contributed by atoms with Crippen LogP contribution < -0.4 is 4.74 Å². The highest BCUT2D eigenvalue weighted by Crippen LogP contribution is 2.13. The molecular formula is C20H23NO5. The smallest absolute Gasteiger partial charge is 0.341 e. The lowest BCUT2D eigenvalue weighted by Gasteiger charge is -2.17. The quantitative estimate of drug-likeness (QED) is 0.661. The largest absolute Gasteiger partial charge is 0.482 e. The monoisotopic (exact) mass is 357 g/mol. The molecule has 2 rings (SSSR count). The Morgan fingerprint density at radius 3 is 2.31 bits per heavy atom. The van der Waals surface area contributed by atoms with Gasteiger partial charge in [0.1, 0.15) is 12.4 Å². The van der Waals surface area contributed by atoms with Crippen molar-refractivity contribution in [2.24, 2.45) is 0 Å². The maximum Gasteiger partial charge on any atom is 0.341 e. The van der Waals surface area contributed by atoms with E-state index < -0.39 is 5.97 Å². The summed E-state index contributed by atoms with van der Waals surface area (Å²) in [6.07, 6.45) is 0.773. The first-order valence-corrected chi connectivity index (χ1v) is 8.34. The van der Waals surface area contributed by atoms with E-state index in [0.717, 1.165) is 12.0 Å². The Hall–Kier alpha value is -2.86. The van der Waals surface area contributed by atoms with Crippen molar-refractivity contribution in [3.05, 3.63) is 65.7 Å². The number of carbonyl (C=O) groups is 2. The number of hydrogen-bond acceptors (Lipinski definition) is 4. The molecule has 0 unspecified atom stereocenters. The fourth-order valence-electron chi connectivity index (χ4n) is 2.30. The maximum absolute atomic E-state index is 12.1. The second-order valence-corrected chi connectivity index (χ2v) is 5.86. The van der Waals surface area contributed by atoms with E-state index in [9.17, 15) is 9.59 Å². The normalized spacial score (nSPS) is 10.3. The molecule has 138 valence electrons. The van der Waals surface area contributed by atoms with Crippen LogP contribution in [-0.2, 0) is 27.3 Å². The number of ether oxygens (including phenoxy) is 2. The van der Waals surface area contributed by atoms with Crippen molar-refractivity contribution in [3.8, 4) is 5.75 Å². The number of nitrogens with zero attached hydrogens (tertiary/aromatic N) is 1. The van der Waals surface area contributed by atoms with E-state index in [-0.39, 0.29) is 19.1 Å². The Balaban J connectivity index is 1.70.